The van der Waals surface area contributed by atoms with Gasteiger partial charge in [-0.15, -0.1) is 11.8 Å². The first-order chi connectivity index (χ1) is 8.25. The number of thioether (sulfide) groups is 1. The lowest BCUT2D eigenvalue weighted by Gasteiger charge is -2.24. The van der Waals surface area contributed by atoms with E-state index in [1.54, 1.807) is 17.8 Å². The molecule has 1 aliphatic carbocycles. The van der Waals surface area contributed by atoms with Crippen LogP contribution < -0.4 is 0 Å². The molecule has 2 aliphatic rings. The molecule has 0 aromatic heterocycles. The molecule has 1 aromatic rings. The highest BCUT2D eigenvalue weighted by Gasteiger charge is 2.39. The largest absolute Gasteiger partial charge is 0.325 e. The maximum atomic E-state index is 13.2. The molecule has 1 atom stereocenters. The van der Waals surface area contributed by atoms with Gasteiger partial charge in [-0.25, -0.2) is 4.39 Å². The average Bonchev–Trinajstić information content (AvgIpc) is 3.05. The molecular formula is C13H14FNOS. The van der Waals surface area contributed by atoms with E-state index in [1.165, 1.54) is 12.1 Å². The van der Waals surface area contributed by atoms with Crippen molar-refractivity contribution in [1.29, 1.82) is 0 Å². The monoisotopic (exact) mass is 251 g/mol. The first-order valence-corrected chi connectivity index (χ1v) is 6.98. The van der Waals surface area contributed by atoms with E-state index >= 15 is 0 Å². The third-order valence-corrected chi connectivity index (χ3v) is 4.50. The van der Waals surface area contributed by atoms with Gasteiger partial charge in [0.1, 0.15) is 11.2 Å². The van der Waals surface area contributed by atoms with Crippen LogP contribution in [-0.2, 0) is 4.79 Å². The van der Waals surface area contributed by atoms with Crippen molar-refractivity contribution in [2.24, 2.45) is 5.92 Å². The Bertz CT molecular complexity index is 447. The molecule has 1 amide bonds. The molecule has 3 rings (SSSR count). The quantitative estimate of drug-likeness (QED) is 0.805. The van der Waals surface area contributed by atoms with Gasteiger partial charge in [0.25, 0.3) is 0 Å². The molecule has 1 heterocycles. The average molecular weight is 251 g/mol. The second-order valence-electron chi connectivity index (χ2n) is 4.58. The summed E-state index contributed by atoms with van der Waals surface area (Å²) in [7, 11) is 0. The predicted molar refractivity (Wildman–Crippen MR) is 66.0 cm³/mol. The van der Waals surface area contributed by atoms with Crippen LogP contribution in [0.4, 0.5) is 4.39 Å². The zero-order valence-corrected chi connectivity index (χ0v) is 10.3. The Labute approximate surface area is 104 Å². The van der Waals surface area contributed by atoms with Crippen molar-refractivity contribution in [2.45, 2.75) is 18.2 Å². The van der Waals surface area contributed by atoms with E-state index in [0.717, 1.165) is 30.7 Å². The Morgan fingerprint density at radius 3 is 2.94 bits per heavy atom. The van der Waals surface area contributed by atoms with E-state index in [9.17, 15) is 9.18 Å². The van der Waals surface area contributed by atoms with Crippen molar-refractivity contribution in [2.75, 3.05) is 12.3 Å². The van der Waals surface area contributed by atoms with E-state index in [1.807, 2.05) is 11.0 Å². The fourth-order valence-corrected chi connectivity index (χ4v) is 3.45. The molecule has 1 aliphatic heterocycles. The van der Waals surface area contributed by atoms with Crippen LogP contribution in [-0.4, -0.2) is 23.1 Å². The number of rotatable bonds is 2. The topological polar surface area (TPSA) is 20.3 Å². The van der Waals surface area contributed by atoms with Gasteiger partial charge < -0.3 is 4.90 Å². The fraction of sp³-hybridized carbons (Fsp3) is 0.462. The lowest BCUT2D eigenvalue weighted by Crippen LogP contribution is -2.31. The highest BCUT2D eigenvalue weighted by Crippen LogP contribution is 2.42. The minimum Gasteiger partial charge on any atom is -0.325 e. The number of hydrogen-bond acceptors (Lipinski definition) is 2. The molecule has 0 radical (unpaired) electrons. The van der Waals surface area contributed by atoms with Crippen molar-refractivity contribution in [1.82, 2.24) is 4.90 Å². The maximum Gasteiger partial charge on any atom is 0.226 e. The minimum absolute atomic E-state index is 0.0128. The molecule has 90 valence electrons. The molecule has 1 saturated heterocycles. The Hall–Kier alpha value is -1.03. The standard InChI is InChI=1S/C13H14FNOS/c14-11-3-1-2-10(8-11)13-15(6-7-17-13)12(16)9-4-5-9/h1-3,8-9,13H,4-7H2/t13-/m0/s1. The first kappa shape index (κ1) is 11.1. The Kier molecular flexibility index (Phi) is 2.82. The number of carbonyl (C=O) groups is 1. The molecule has 4 heteroatoms. The summed E-state index contributed by atoms with van der Waals surface area (Å²) in [6.07, 6.45) is 2.05. The van der Waals surface area contributed by atoms with Gasteiger partial charge in [-0.1, -0.05) is 12.1 Å². The third-order valence-electron chi connectivity index (χ3n) is 3.23. The van der Waals surface area contributed by atoms with E-state index in [-0.39, 0.29) is 23.0 Å². The summed E-state index contributed by atoms with van der Waals surface area (Å²) in [6, 6.07) is 6.59. The van der Waals surface area contributed by atoms with E-state index < -0.39 is 0 Å². The first-order valence-electron chi connectivity index (χ1n) is 5.93. The lowest BCUT2D eigenvalue weighted by atomic mass is 10.2. The van der Waals surface area contributed by atoms with Crippen LogP contribution in [0.2, 0.25) is 0 Å². The van der Waals surface area contributed by atoms with Crippen molar-refractivity contribution in [3.8, 4) is 0 Å². The summed E-state index contributed by atoms with van der Waals surface area (Å²) in [5, 5.41) is 0.0128. The molecule has 17 heavy (non-hydrogen) atoms. The zero-order chi connectivity index (χ0) is 11.8. The summed E-state index contributed by atoms with van der Waals surface area (Å²) in [5.41, 5.74) is 0.904. The van der Waals surface area contributed by atoms with E-state index in [2.05, 4.69) is 0 Å². The van der Waals surface area contributed by atoms with Gasteiger partial charge in [0, 0.05) is 18.2 Å². The van der Waals surface area contributed by atoms with Gasteiger partial charge in [-0.2, -0.15) is 0 Å². The Morgan fingerprint density at radius 2 is 2.24 bits per heavy atom. The maximum absolute atomic E-state index is 13.2. The van der Waals surface area contributed by atoms with Crippen molar-refractivity contribution >= 4 is 17.7 Å². The number of hydrogen-bond donors (Lipinski definition) is 0. The number of amides is 1. The van der Waals surface area contributed by atoms with Crippen LogP contribution in [0, 0.1) is 11.7 Å². The van der Waals surface area contributed by atoms with Gasteiger partial charge >= 0.3 is 0 Å². The van der Waals surface area contributed by atoms with Crippen molar-refractivity contribution in [3.63, 3.8) is 0 Å². The molecule has 2 fully saturated rings. The highest BCUT2D eigenvalue weighted by atomic mass is 32.2. The smallest absolute Gasteiger partial charge is 0.226 e. The minimum atomic E-state index is -0.228. The highest BCUT2D eigenvalue weighted by molar-refractivity contribution is 7.99. The number of nitrogens with zero attached hydrogens (tertiary/aromatic N) is 1. The molecule has 0 bridgehead atoms. The van der Waals surface area contributed by atoms with Gasteiger partial charge in [0.2, 0.25) is 5.91 Å². The van der Waals surface area contributed by atoms with Crippen molar-refractivity contribution in [3.05, 3.63) is 35.6 Å². The summed E-state index contributed by atoms with van der Waals surface area (Å²) in [5.74, 6) is 1.21. The van der Waals surface area contributed by atoms with Gasteiger partial charge in [-0.05, 0) is 30.5 Å². The number of halogens is 1. The molecule has 0 spiro atoms. The van der Waals surface area contributed by atoms with Gasteiger partial charge in [-0.3, -0.25) is 4.79 Å². The van der Waals surface area contributed by atoms with Crippen LogP contribution in [0.1, 0.15) is 23.8 Å². The normalized spacial score (nSPS) is 24.1. The second kappa shape index (κ2) is 4.33. The van der Waals surface area contributed by atoms with Gasteiger partial charge in [0.15, 0.2) is 0 Å². The molecule has 0 N–H and O–H groups in total. The molecule has 0 unspecified atom stereocenters. The SMILES string of the molecule is O=C(C1CC1)N1CCS[C@H]1c1cccc(F)c1. The fourth-order valence-electron chi connectivity index (χ4n) is 2.20. The van der Waals surface area contributed by atoms with Crippen LogP contribution in [0.5, 0.6) is 0 Å². The number of benzene rings is 1. The predicted octanol–water partition coefficient (Wildman–Crippen LogP) is 2.81. The Morgan fingerprint density at radius 1 is 1.41 bits per heavy atom. The molecular weight excluding hydrogens is 237 g/mol. The summed E-state index contributed by atoms with van der Waals surface area (Å²) in [4.78, 5) is 14.0. The van der Waals surface area contributed by atoms with Crippen LogP contribution >= 0.6 is 11.8 Å². The van der Waals surface area contributed by atoms with Crippen LogP contribution in [0.15, 0.2) is 24.3 Å². The molecule has 2 nitrogen and oxygen atoms in total. The van der Waals surface area contributed by atoms with Crippen LogP contribution in [0.3, 0.4) is 0 Å². The zero-order valence-electron chi connectivity index (χ0n) is 9.43. The Balaban J connectivity index is 1.83. The van der Waals surface area contributed by atoms with Crippen molar-refractivity contribution < 1.29 is 9.18 Å². The number of carbonyl (C=O) groups excluding carboxylic acids is 1. The van der Waals surface area contributed by atoms with Crippen LogP contribution in [0.25, 0.3) is 0 Å². The van der Waals surface area contributed by atoms with Gasteiger partial charge in [0.05, 0.1) is 0 Å². The molecule has 1 saturated carbocycles. The third kappa shape index (κ3) is 2.18. The van der Waals surface area contributed by atoms with E-state index in [4.69, 9.17) is 0 Å². The summed E-state index contributed by atoms with van der Waals surface area (Å²) in [6.45, 7) is 0.793. The lowest BCUT2D eigenvalue weighted by molar-refractivity contribution is -0.132. The molecule has 1 aromatic carbocycles. The summed E-state index contributed by atoms with van der Waals surface area (Å²) < 4.78 is 13.2. The van der Waals surface area contributed by atoms with E-state index in [0.29, 0.717) is 0 Å². The summed E-state index contributed by atoms with van der Waals surface area (Å²) >= 11 is 1.72. The second-order valence-corrected chi connectivity index (χ2v) is 5.77.